The third-order valence-electron chi connectivity index (χ3n) is 5.49. The van der Waals surface area contributed by atoms with Crippen LogP contribution >= 0.6 is 0 Å². The quantitative estimate of drug-likeness (QED) is 0.658. The number of hydrogen-bond acceptors (Lipinski definition) is 3. The van der Waals surface area contributed by atoms with Gasteiger partial charge in [-0.15, -0.1) is 0 Å². The fourth-order valence-electron chi connectivity index (χ4n) is 3.84. The number of benzene rings is 1. The lowest BCUT2D eigenvalue weighted by atomic mass is 9.81. The lowest BCUT2D eigenvalue weighted by Gasteiger charge is -2.30. The van der Waals surface area contributed by atoms with Gasteiger partial charge < -0.3 is 4.74 Å². The van der Waals surface area contributed by atoms with Crippen LogP contribution in [-0.2, 0) is 15.3 Å². The number of ether oxygens (including phenoxy) is 1. The zero-order valence-electron chi connectivity index (χ0n) is 14.8. The molecule has 2 aliphatic rings. The van der Waals surface area contributed by atoms with E-state index in [0.717, 1.165) is 62.4 Å². The molecular formula is C20H30O3S. The Kier molecular flexibility index (Phi) is 5.53. The van der Waals surface area contributed by atoms with E-state index < -0.39 is 9.84 Å². The van der Waals surface area contributed by atoms with E-state index in [4.69, 9.17) is 4.74 Å². The summed E-state index contributed by atoms with van der Waals surface area (Å²) in [6, 6.07) is 8.23. The summed E-state index contributed by atoms with van der Waals surface area (Å²) in [5.74, 6) is 2.25. The Balaban J connectivity index is 1.77. The van der Waals surface area contributed by atoms with E-state index in [1.54, 1.807) is 0 Å². The van der Waals surface area contributed by atoms with Gasteiger partial charge in [0, 0.05) is 5.41 Å². The second-order valence-electron chi connectivity index (χ2n) is 7.72. The molecule has 0 N–H and O–H groups in total. The molecule has 0 unspecified atom stereocenters. The van der Waals surface area contributed by atoms with Crippen molar-refractivity contribution in [3.8, 4) is 5.75 Å². The maximum Gasteiger partial charge on any atom is 0.151 e. The van der Waals surface area contributed by atoms with Crippen LogP contribution in [0.3, 0.4) is 0 Å². The summed E-state index contributed by atoms with van der Waals surface area (Å²) < 4.78 is 31.1. The minimum Gasteiger partial charge on any atom is -0.493 e. The van der Waals surface area contributed by atoms with Gasteiger partial charge >= 0.3 is 0 Å². The number of unbranched alkanes of at least 4 members (excludes halogenated alkanes) is 1. The van der Waals surface area contributed by atoms with Gasteiger partial charge in [0.25, 0.3) is 0 Å². The second kappa shape index (κ2) is 7.47. The average Bonchev–Trinajstić information content (AvgIpc) is 3.29. The Labute approximate surface area is 146 Å². The lowest BCUT2D eigenvalue weighted by molar-refractivity contribution is 0.298. The molecule has 3 nitrogen and oxygen atoms in total. The van der Waals surface area contributed by atoms with Gasteiger partial charge in [0.2, 0.25) is 0 Å². The minimum atomic E-state index is -3.00. The SMILES string of the molecule is CCCCS(=O)(=O)CC1(c2cccc(OCC3CC3)c2)CCCC1. The number of sulfone groups is 1. The van der Waals surface area contributed by atoms with Crippen LogP contribution in [0, 0.1) is 5.92 Å². The number of hydrogen-bond donors (Lipinski definition) is 0. The molecule has 0 radical (unpaired) electrons. The van der Waals surface area contributed by atoms with Crippen LogP contribution in [0.2, 0.25) is 0 Å². The van der Waals surface area contributed by atoms with Crippen molar-refractivity contribution in [2.24, 2.45) is 5.92 Å². The van der Waals surface area contributed by atoms with Gasteiger partial charge in [-0.2, -0.15) is 0 Å². The predicted octanol–water partition coefficient (Wildman–Crippen LogP) is 4.50. The fraction of sp³-hybridized carbons (Fsp3) is 0.700. The van der Waals surface area contributed by atoms with E-state index in [0.29, 0.717) is 11.5 Å². The molecule has 0 atom stereocenters. The van der Waals surface area contributed by atoms with Crippen molar-refractivity contribution in [2.75, 3.05) is 18.1 Å². The van der Waals surface area contributed by atoms with Gasteiger partial charge in [-0.05, 0) is 55.7 Å². The van der Waals surface area contributed by atoms with Crippen molar-refractivity contribution in [1.29, 1.82) is 0 Å². The molecule has 2 saturated carbocycles. The Hall–Kier alpha value is -1.03. The average molecular weight is 351 g/mol. The molecule has 1 aromatic rings. The highest BCUT2D eigenvalue weighted by Gasteiger charge is 2.39. The summed E-state index contributed by atoms with van der Waals surface area (Å²) in [5.41, 5.74) is 0.958. The van der Waals surface area contributed by atoms with E-state index in [9.17, 15) is 8.42 Å². The highest BCUT2D eigenvalue weighted by atomic mass is 32.2. The van der Waals surface area contributed by atoms with Gasteiger partial charge in [-0.1, -0.05) is 38.3 Å². The monoisotopic (exact) mass is 350 g/mol. The highest BCUT2D eigenvalue weighted by Crippen LogP contribution is 2.43. The van der Waals surface area contributed by atoms with Gasteiger partial charge in [0.05, 0.1) is 18.1 Å². The summed E-state index contributed by atoms with van der Waals surface area (Å²) in [5, 5.41) is 0. The van der Waals surface area contributed by atoms with Crippen molar-refractivity contribution in [2.45, 2.75) is 63.7 Å². The van der Waals surface area contributed by atoms with Crippen LogP contribution in [0.4, 0.5) is 0 Å². The highest BCUT2D eigenvalue weighted by molar-refractivity contribution is 7.91. The molecule has 0 bridgehead atoms. The molecule has 0 saturated heterocycles. The van der Waals surface area contributed by atoms with Gasteiger partial charge in [-0.25, -0.2) is 8.42 Å². The first-order valence-corrected chi connectivity index (χ1v) is 11.3. The Morgan fingerprint density at radius 3 is 2.62 bits per heavy atom. The van der Waals surface area contributed by atoms with Gasteiger partial charge in [-0.3, -0.25) is 0 Å². The smallest absolute Gasteiger partial charge is 0.151 e. The molecule has 2 fully saturated rings. The van der Waals surface area contributed by atoms with Crippen LogP contribution in [0.5, 0.6) is 5.75 Å². The van der Waals surface area contributed by atoms with Crippen LogP contribution in [0.25, 0.3) is 0 Å². The summed E-state index contributed by atoms with van der Waals surface area (Å²) in [6.45, 7) is 2.84. The summed E-state index contributed by atoms with van der Waals surface area (Å²) in [4.78, 5) is 0. The first-order valence-electron chi connectivity index (χ1n) is 9.47. The lowest BCUT2D eigenvalue weighted by Crippen LogP contribution is -2.33. The van der Waals surface area contributed by atoms with E-state index >= 15 is 0 Å². The molecule has 0 amide bonds. The molecule has 2 aliphatic carbocycles. The van der Waals surface area contributed by atoms with Crippen molar-refractivity contribution < 1.29 is 13.2 Å². The molecule has 0 heterocycles. The van der Waals surface area contributed by atoms with Crippen molar-refractivity contribution in [1.82, 2.24) is 0 Å². The largest absolute Gasteiger partial charge is 0.493 e. The third kappa shape index (κ3) is 4.53. The van der Waals surface area contributed by atoms with Gasteiger partial charge in [0.15, 0.2) is 9.84 Å². The van der Waals surface area contributed by atoms with Crippen molar-refractivity contribution in [3.63, 3.8) is 0 Å². The Morgan fingerprint density at radius 1 is 1.21 bits per heavy atom. The molecule has 24 heavy (non-hydrogen) atoms. The third-order valence-corrected chi connectivity index (χ3v) is 7.40. The van der Waals surface area contributed by atoms with Crippen LogP contribution in [-0.4, -0.2) is 26.5 Å². The molecule has 0 aliphatic heterocycles. The fourth-order valence-corrected chi connectivity index (χ4v) is 6.01. The Morgan fingerprint density at radius 2 is 1.96 bits per heavy atom. The summed E-state index contributed by atoms with van der Waals surface area (Å²) in [7, 11) is -3.00. The zero-order chi connectivity index (χ0) is 17.0. The first-order chi connectivity index (χ1) is 11.5. The maximum atomic E-state index is 12.6. The Bertz CT molecular complexity index is 641. The second-order valence-corrected chi connectivity index (χ2v) is 9.90. The van der Waals surface area contributed by atoms with Crippen molar-refractivity contribution >= 4 is 9.84 Å². The standard InChI is InChI=1S/C20H30O3S/c1-2-3-13-24(21,22)16-20(11-4-5-12-20)18-7-6-8-19(14-18)23-15-17-9-10-17/h6-8,14,17H,2-5,9-13,15-16H2,1H3. The van der Waals surface area contributed by atoms with Crippen LogP contribution in [0.1, 0.15) is 63.9 Å². The van der Waals surface area contributed by atoms with Crippen molar-refractivity contribution in [3.05, 3.63) is 29.8 Å². The molecule has 3 rings (SSSR count). The van der Waals surface area contributed by atoms with E-state index in [1.807, 2.05) is 19.1 Å². The van der Waals surface area contributed by atoms with Gasteiger partial charge in [0.1, 0.15) is 5.75 Å². The van der Waals surface area contributed by atoms with E-state index in [1.165, 1.54) is 12.8 Å². The molecule has 0 aromatic heterocycles. The molecular weight excluding hydrogens is 320 g/mol. The van der Waals surface area contributed by atoms with E-state index in [2.05, 4.69) is 12.1 Å². The number of rotatable bonds is 9. The van der Waals surface area contributed by atoms with Crippen LogP contribution in [0.15, 0.2) is 24.3 Å². The first kappa shape index (κ1) is 17.8. The maximum absolute atomic E-state index is 12.6. The van der Waals surface area contributed by atoms with E-state index in [-0.39, 0.29) is 5.41 Å². The molecule has 1 aromatic carbocycles. The molecule has 134 valence electrons. The van der Waals surface area contributed by atoms with Crippen LogP contribution < -0.4 is 4.74 Å². The summed E-state index contributed by atoms with van der Waals surface area (Å²) in [6.07, 6.45) is 8.44. The zero-order valence-corrected chi connectivity index (χ0v) is 15.6. The topological polar surface area (TPSA) is 43.4 Å². The minimum absolute atomic E-state index is 0.203. The summed E-state index contributed by atoms with van der Waals surface area (Å²) >= 11 is 0. The molecule has 4 heteroatoms. The normalized spacial score (nSPS) is 20.2. The predicted molar refractivity (Wildman–Crippen MR) is 98.4 cm³/mol. The molecule has 0 spiro atoms.